The van der Waals surface area contributed by atoms with Crippen LogP contribution < -0.4 is 11.1 Å². The zero-order valence-corrected chi connectivity index (χ0v) is 10.4. The molecule has 0 aromatic rings. The number of likely N-dealkylation sites (N-methyl/N-ethyl adjacent to an activating group) is 1. The molecule has 92 valence electrons. The van der Waals surface area contributed by atoms with E-state index in [-0.39, 0.29) is 16.9 Å². The first-order valence-corrected chi connectivity index (χ1v) is 6.21. The number of nitrogens with one attached hydrogen (secondary N) is 1. The molecule has 0 aliphatic heterocycles. The van der Waals surface area contributed by atoms with Gasteiger partial charge in [-0.15, -0.1) is 0 Å². The Morgan fingerprint density at radius 2 is 1.94 bits per heavy atom. The molecule has 2 aliphatic carbocycles. The molecule has 0 radical (unpaired) electrons. The van der Waals surface area contributed by atoms with E-state index in [1.807, 2.05) is 0 Å². The van der Waals surface area contributed by atoms with E-state index >= 15 is 0 Å². The zero-order chi connectivity index (χ0) is 11.8. The van der Waals surface area contributed by atoms with Crippen LogP contribution in [0, 0.1) is 5.41 Å². The third kappa shape index (κ3) is 1.84. The van der Waals surface area contributed by atoms with Gasteiger partial charge < -0.3 is 16.0 Å². The average Bonchev–Trinajstić information content (AvgIpc) is 2.95. The van der Waals surface area contributed by atoms with Gasteiger partial charge in [-0.2, -0.15) is 0 Å². The first-order valence-electron chi connectivity index (χ1n) is 6.21. The summed E-state index contributed by atoms with van der Waals surface area (Å²) in [5.41, 5.74) is 5.64. The molecular weight excluding hydrogens is 202 g/mol. The normalized spacial score (nSPS) is 25.0. The number of nitrogens with zero attached hydrogens (tertiary/aromatic N) is 1. The number of amides is 1. The maximum absolute atomic E-state index is 12.0. The third-order valence-corrected chi connectivity index (χ3v) is 4.54. The lowest BCUT2D eigenvalue weighted by molar-refractivity contribution is -0.127. The topological polar surface area (TPSA) is 58.4 Å². The lowest BCUT2D eigenvalue weighted by Gasteiger charge is -2.47. The molecule has 0 saturated heterocycles. The highest BCUT2D eigenvalue weighted by molar-refractivity contribution is 5.85. The van der Waals surface area contributed by atoms with Gasteiger partial charge in [0.15, 0.2) is 0 Å². The minimum atomic E-state index is -0.211. The molecule has 2 saturated carbocycles. The molecule has 0 bridgehead atoms. The molecule has 0 spiro atoms. The van der Waals surface area contributed by atoms with Crippen molar-refractivity contribution in [2.24, 2.45) is 11.1 Å². The number of rotatable bonds is 5. The summed E-state index contributed by atoms with van der Waals surface area (Å²) in [5, 5.41) is 3.10. The number of hydrogen-bond acceptors (Lipinski definition) is 3. The summed E-state index contributed by atoms with van der Waals surface area (Å²) in [5.74, 6) is 0.170. The monoisotopic (exact) mass is 225 g/mol. The molecule has 0 aromatic heterocycles. The highest BCUT2D eigenvalue weighted by atomic mass is 16.2. The van der Waals surface area contributed by atoms with E-state index < -0.39 is 0 Å². The third-order valence-electron chi connectivity index (χ3n) is 4.54. The summed E-state index contributed by atoms with van der Waals surface area (Å²) in [6.45, 7) is 1.27. The number of carbonyl (C=O) groups is 1. The van der Waals surface area contributed by atoms with Gasteiger partial charge in [0.1, 0.15) is 0 Å². The summed E-state index contributed by atoms with van der Waals surface area (Å²) in [4.78, 5) is 14.2. The quantitative estimate of drug-likeness (QED) is 0.709. The van der Waals surface area contributed by atoms with Crippen molar-refractivity contribution in [2.75, 3.05) is 27.2 Å². The van der Waals surface area contributed by atoms with E-state index in [0.29, 0.717) is 6.54 Å². The number of hydrogen-bond donors (Lipinski definition) is 2. The Morgan fingerprint density at radius 3 is 2.25 bits per heavy atom. The van der Waals surface area contributed by atoms with Crippen LogP contribution in [0.5, 0.6) is 0 Å². The van der Waals surface area contributed by atoms with Crippen molar-refractivity contribution in [3.8, 4) is 0 Å². The fourth-order valence-corrected chi connectivity index (χ4v) is 2.47. The van der Waals surface area contributed by atoms with Gasteiger partial charge in [0.2, 0.25) is 5.91 Å². The Morgan fingerprint density at radius 1 is 1.31 bits per heavy atom. The van der Waals surface area contributed by atoms with Gasteiger partial charge >= 0.3 is 0 Å². The van der Waals surface area contributed by atoms with Gasteiger partial charge in [-0.1, -0.05) is 0 Å². The van der Waals surface area contributed by atoms with Gasteiger partial charge in [-0.05, 0) is 46.2 Å². The fourth-order valence-electron chi connectivity index (χ4n) is 2.47. The Bertz CT molecular complexity index is 280. The SMILES string of the molecule is CN(C)C1(CNC(=O)C2(CN)CC2)CCC1. The number of nitrogens with two attached hydrogens (primary N) is 1. The van der Waals surface area contributed by atoms with Crippen molar-refractivity contribution in [1.29, 1.82) is 0 Å². The molecule has 2 fully saturated rings. The molecule has 2 rings (SSSR count). The molecular formula is C12H23N3O. The van der Waals surface area contributed by atoms with Gasteiger partial charge in [0.25, 0.3) is 0 Å². The van der Waals surface area contributed by atoms with Crippen molar-refractivity contribution in [2.45, 2.75) is 37.6 Å². The van der Waals surface area contributed by atoms with E-state index in [1.165, 1.54) is 19.3 Å². The predicted octanol–water partition coefficient (Wildman–Crippen LogP) is 0.326. The summed E-state index contributed by atoms with van der Waals surface area (Å²) >= 11 is 0. The van der Waals surface area contributed by atoms with Gasteiger partial charge in [0.05, 0.1) is 5.41 Å². The smallest absolute Gasteiger partial charge is 0.227 e. The standard InChI is InChI=1S/C12H23N3O/c1-15(2)12(4-3-5-12)9-14-10(16)11(8-13)6-7-11/h3-9,13H2,1-2H3,(H,14,16). The Hall–Kier alpha value is -0.610. The average molecular weight is 225 g/mol. The van der Waals surface area contributed by atoms with Crippen molar-refractivity contribution in [1.82, 2.24) is 10.2 Å². The van der Waals surface area contributed by atoms with Crippen molar-refractivity contribution < 1.29 is 4.79 Å². The molecule has 4 nitrogen and oxygen atoms in total. The Balaban J connectivity index is 1.85. The first-order chi connectivity index (χ1) is 7.55. The Kier molecular flexibility index (Phi) is 2.97. The van der Waals surface area contributed by atoms with Crippen molar-refractivity contribution in [3.63, 3.8) is 0 Å². The minimum Gasteiger partial charge on any atom is -0.354 e. The van der Waals surface area contributed by atoms with Crippen LogP contribution >= 0.6 is 0 Å². The van der Waals surface area contributed by atoms with Crippen LogP contribution in [0.2, 0.25) is 0 Å². The molecule has 0 unspecified atom stereocenters. The van der Waals surface area contributed by atoms with E-state index in [0.717, 1.165) is 19.4 Å². The van der Waals surface area contributed by atoms with E-state index in [9.17, 15) is 4.79 Å². The van der Waals surface area contributed by atoms with Crippen molar-refractivity contribution >= 4 is 5.91 Å². The van der Waals surface area contributed by atoms with Crippen LogP contribution in [0.1, 0.15) is 32.1 Å². The second-order valence-electron chi connectivity index (χ2n) is 5.64. The fraction of sp³-hybridized carbons (Fsp3) is 0.917. The molecule has 16 heavy (non-hydrogen) atoms. The Labute approximate surface area is 97.6 Å². The van der Waals surface area contributed by atoms with Gasteiger partial charge in [0, 0.05) is 18.6 Å². The van der Waals surface area contributed by atoms with E-state index in [1.54, 1.807) is 0 Å². The van der Waals surface area contributed by atoms with Gasteiger partial charge in [-0.3, -0.25) is 4.79 Å². The van der Waals surface area contributed by atoms with Crippen LogP contribution in [-0.4, -0.2) is 43.5 Å². The summed E-state index contributed by atoms with van der Waals surface area (Å²) in [7, 11) is 4.20. The van der Waals surface area contributed by atoms with Gasteiger partial charge in [-0.25, -0.2) is 0 Å². The molecule has 1 amide bonds. The first kappa shape index (κ1) is 11.9. The van der Waals surface area contributed by atoms with Crippen LogP contribution in [0.3, 0.4) is 0 Å². The maximum atomic E-state index is 12.0. The van der Waals surface area contributed by atoms with Crippen LogP contribution in [0.15, 0.2) is 0 Å². The molecule has 3 N–H and O–H groups in total. The lowest BCUT2D eigenvalue weighted by Crippen LogP contribution is -2.58. The van der Waals surface area contributed by atoms with E-state index in [2.05, 4.69) is 24.3 Å². The molecule has 0 heterocycles. The molecule has 4 heteroatoms. The molecule has 2 aliphatic rings. The highest BCUT2D eigenvalue weighted by Gasteiger charge is 2.49. The maximum Gasteiger partial charge on any atom is 0.227 e. The minimum absolute atomic E-state index is 0.170. The predicted molar refractivity (Wildman–Crippen MR) is 64.0 cm³/mol. The van der Waals surface area contributed by atoms with Crippen molar-refractivity contribution in [3.05, 3.63) is 0 Å². The number of carbonyl (C=O) groups excluding carboxylic acids is 1. The summed E-state index contributed by atoms with van der Waals surface area (Å²) < 4.78 is 0. The summed E-state index contributed by atoms with van der Waals surface area (Å²) in [6.07, 6.45) is 5.58. The second kappa shape index (κ2) is 4.00. The molecule has 0 aromatic carbocycles. The van der Waals surface area contributed by atoms with Crippen LogP contribution in [-0.2, 0) is 4.79 Å². The zero-order valence-electron chi connectivity index (χ0n) is 10.4. The van der Waals surface area contributed by atoms with Crippen LogP contribution in [0.4, 0.5) is 0 Å². The lowest BCUT2D eigenvalue weighted by atomic mass is 9.75. The molecule has 0 atom stereocenters. The second-order valence-corrected chi connectivity index (χ2v) is 5.64. The van der Waals surface area contributed by atoms with E-state index in [4.69, 9.17) is 5.73 Å². The summed E-state index contributed by atoms with van der Waals surface area (Å²) in [6, 6.07) is 0. The highest BCUT2D eigenvalue weighted by Crippen LogP contribution is 2.45. The van der Waals surface area contributed by atoms with Crippen LogP contribution in [0.25, 0.3) is 0 Å². The largest absolute Gasteiger partial charge is 0.354 e.